The lowest BCUT2D eigenvalue weighted by molar-refractivity contribution is -0.274. The van der Waals surface area contributed by atoms with E-state index in [1.165, 1.54) is 0 Å². The zero-order valence-electron chi connectivity index (χ0n) is 6.88. The molecule has 0 aliphatic rings. The van der Waals surface area contributed by atoms with Crippen LogP contribution in [0, 0.1) is 0 Å². The van der Waals surface area contributed by atoms with Crippen molar-refractivity contribution in [2.45, 2.75) is 13.0 Å². The molecule has 0 saturated carbocycles. The lowest BCUT2D eigenvalue weighted by atomic mass is 10.2. The minimum Gasteiger partial charge on any atom is -0.508 e. The number of aromatic hydroxyl groups is 1. The number of benzene rings is 1. The number of alkyl halides is 3. The first-order valence-electron chi connectivity index (χ1n) is 3.60. The molecule has 0 spiro atoms. The third-order valence-electron chi connectivity index (χ3n) is 1.37. The van der Waals surface area contributed by atoms with Gasteiger partial charge in [-0.3, -0.25) is 0 Å². The average molecular weight is 208 g/mol. The van der Waals surface area contributed by atoms with Gasteiger partial charge in [-0.25, -0.2) is 0 Å². The number of hydrogen-bond donors (Lipinski definition) is 2. The molecule has 0 bridgehead atoms. The van der Waals surface area contributed by atoms with Crippen LogP contribution in [0.3, 0.4) is 0 Å². The van der Waals surface area contributed by atoms with E-state index in [1.807, 2.05) is 0 Å². The lowest BCUT2D eigenvalue weighted by Crippen LogP contribution is -2.17. The summed E-state index contributed by atoms with van der Waals surface area (Å²) in [5.74, 6) is -0.947. The quantitative estimate of drug-likeness (QED) is 0.778. The Bertz CT molecular complexity index is 322. The molecule has 1 rings (SSSR count). The molecule has 0 heterocycles. The molecule has 0 amide bonds. The Hall–Kier alpha value is -1.43. The van der Waals surface area contributed by atoms with E-state index in [2.05, 4.69) is 4.74 Å². The summed E-state index contributed by atoms with van der Waals surface area (Å²) in [5, 5.41) is 17.6. The molecule has 0 saturated heterocycles. The molecule has 78 valence electrons. The Morgan fingerprint density at radius 2 is 1.86 bits per heavy atom. The van der Waals surface area contributed by atoms with Gasteiger partial charge in [0.1, 0.15) is 11.5 Å². The molecular formula is C8H7F3O3. The Morgan fingerprint density at radius 1 is 1.21 bits per heavy atom. The highest BCUT2D eigenvalue weighted by atomic mass is 19.4. The van der Waals surface area contributed by atoms with Gasteiger partial charge < -0.3 is 14.9 Å². The van der Waals surface area contributed by atoms with Gasteiger partial charge in [0.25, 0.3) is 0 Å². The van der Waals surface area contributed by atoms with Gasteiger partial charge >= 0.3 is 6.36 Å². The molecule has 3 nitrogen and oxygen atoms in total. The summed E-state index contributed by atoms with van der Waals surface area (Å²) >= 11 is 0. The smallest absolute Gasteiger partial charge is 0.508 e. The lowest BCUT2D eigenvalue weighted by Gasteiger charge is -2.09. The summed E-state index contributed by atoms with van der Waals surface area (Å²) < 4.78 is 38.8. The summed E-state index contributed by atoms with van der Waals surface area (Å²) in [6.07, 6.45) is -4.81. The molecule has 0 atom stereocenters. The van der Waals surface area contributed by atoms with E-state index in [0.29, 0.717) is 0 Å². The minimum atomic E-state index is -4.81. The molecule has 14 heavy (non-hydrogen) atoms. The number of halogens is 3. The first-order chi connectivity index (χ1) is 6.40. The Balaban J connectivity index is 2.92. The molecule has 2 N–H and O–H groups in total. The van der Waals surface area contributed by atoms with Crippen molar-refractivity contribution in [3.8, 4) is 11.5 Å². The van der Waals surface area contributed by atoms with E-state index in [1.54, 1.807) is 0 Å². The normalized spacial score (nSPS) is 11.4. The second-order valence-electron chi connectivity index (χ2n) is 2.54. The van der Waals surface area contributed by atoms with Crippen molar-refractivity contribution in [1.82, 2.24) is 0 Å². The van der Waals surface area contributed by atoms with Crippen molar-refractivity contribution in [3.05, 3.63) is 23.8 Å². The van der Waals surface area contributed by atoms with Gasteiger partial charge in [-0.1, -0.05) is 0 Å². The third-order valence-corrected chi connectivity index (χ3v) is 1.37. The fourth-order valence-corrected chi connectivity index (χ4v) is 0.927. The van der Waals surface area contributed by atoms with Crippen LogP contribution < -0.4 is 4.74 Å². The highest BCUT2D eigenvalue weighted by Gasteiger charge is 2.31. The molecule has 0 aliphatic carbocycles. The van der Waals surface area contributed by atoms with Gasteiger partial charge in [0.15, 0.2) is 0 Å². The van der Waals surface area contributed by atoms with Gasteiger partial charge in [-0.2, -0.15) is 0 Å². The summed E-state index contributed by atoms with van der Waals surface area (Å²) in [4.78, 5) is 0. The van der Waals surface area contributed by atoms with Crippen LogP contribution in [0.2, 0.25) is 0 Å². The molecule has 0 aromatic heterocycles. The largest absolute Gasteiger partial charge is 0.573 e. The summed E-state index contributed by atoms with van der Waals surface area (Å²) in [6.45, 7) is -0.470. The number of phenolic OH excluding ortho intramolecular Hbond substituents is 1. The highest BCUT2D eigenvalue weighted by Crippen LogP contribution is 2.27. The molecule has 0 unspecified atom stereocenters. The second-order valence-corrected chi connectivity index (χ2v) is 2.54. The van der Waals surface area contributed by atoms with Crippen LogP contribution in [0.4, 0.5) is 13.2 Å². The standard InChI is InChI=1S/C8H7F3O3/c9-8(10,11)14-7-2-5(4-12)1-6(13)3-7/h1-3,12-13H,4H2. The fraction of sp³-hybridized carbons (Fsp3) is 0.250. The Kier molecular flexibility index (Phi) is 2.85. The fourth-order valence-electron chi connectivity index (χ4n) is 0.927. The van der Waals surface area contributed by atoms with Gasteiger partial charge in [-0.05, 0) is 17.7 Å². The summed E-state index contributed by atoms with van der Waals surface area (Å²) in [6, 6.07) is 2.95. The maximum atomic E-state index is 11.7. The molecular weight excluding hydrogens is 201 g/mol. The predicted molar refractivity (Wildman–Crippen MR) is 40.7 cm³/mol. The topological polar surface area (TPSA) is 49.7 Å². The minimum absolute atomic E-state index is 0.143. The van der Waals surface area contributed by atoms with Crippen molar-refractivity contribution >= 4 is 0 Å². The van der Waals surface area contributed by atoms with E-state index < -0.39 is 24.5 Å². The zero-order valence-corrected chi connectivity index (χ0v) is 6.88. The molecule has 0 fully saturated rings. The molecule has 0 aliphatic heterocycles. The number of phenols is 1. The summed E-state index contributed by atoms with van der Waals surface area (Å²) in [7, 11) is 0. The van der Waals surface area contributed by atoms with E-state index in [9.17, 15) is 13.2 Å². The van der Waals surface area contributed by atoms with Gasteiger partial charge in [0, 0.05) is 6.07 Å². The number of aliphatic hydroxyl groups excluding tert-OH is 1. The van der Waals surface area contributed by atoms with Crippen molar-refractivity contribution in [3.63, 3.8) is 0 Å². The van der Waals surface area contributed by atoms with Crippen LogP contribution in [-0.2, 0) is 6.61 Å². The summed E-state index contributed by atoms with van der Waals surface area (Å²) in [5.41, 5.74) is 0.143. The molecule has 1 aromatic rings. The maximum Gasteiger partial charge on any atom is 0.573 e. The monoisotopic (exact) mass is 208 g/mol. The van der Waals surface area contributed by atoms with Crippen molar-refractivity contribution < 1.29 is 28.1 Å². The number of hydrogen-bond acceptors (Lipinski definition) is 3. The van der Waals surface area contributed by atoms with Crippen LogP contribution in [0.15, 0.2) is 18.2 Å². The maximum absolute atomic E-state index is 11.7. The zero-order chi connectivity index (χ0) is 10.8. The van der Waals surface area contributed by atoms with Gasteiger partial charge in [-0.15, -0.1) is 13.2 Å². The first-order valence-corrected chi connectivity index (χ1v) is 3.60. The van der Waals surface area contributed by atoms with Crippen LogP contribution in [0.5, 0.6) is 11.5 Å². The molecule has 1 aromatic carbocycles. The van der Waals surface area contributed by atoms with E-state index in [4.69, 9.17) is 10.2 Å². The average Bonchev–Trinajstić information content (AvgIpc) is 1.99. The third kappa shape index (κ3) is 3.14. The Labute approximate surface area is 77.4 Å². The van der Waals surface area contributed by atoms with Gasteiger partial charge in [0.05, 0.1) is 6.61 Å². The van der Waals surface area contributed by atoms with Crippen LogP contribution >= 0.6 is 0 Å². The highest BCUT2D eigenvalue weighted by molar-refractivity contribution is 5.37. The number of aliphatic hydroxyl groups is 1. The van der Waals surface area contributed by atoms with Crippen LogP contribution in [0.25, 0.3) is 0 Å². The van der Waals surface area contributed by atoms with E-state index in [0.717, 1.165) is 18.2 Å². The molecule has 0 radical (unpaired) electrons. The van der Waals surface area contributed by atoms with Crippen LogP contribution in [0.1, 0.15) is 5.56 Å². The Morgan fingerprint density at radius 3 is 2.36 bits per heavy atom. The van der Waals surface area contributed by atoms with Crippen molar-refractivity contribution in [1.29, 1.82) is 0 Å². The molecule has 6 heteroatoms. The van der Waals surface area contributed by atoms with E-state index in [-0.39, 0.29) is 5.56 Å². The van der Waals surface area contributed by atoms with Crippen molar-refractivity contribution in [2.24, 2.45) is 0 Å². The van der Waals surface area contributed by atoms with Crippen molar-refractivity contribution in [2.75, 3.05) is 0 Å². The number of rotatable bonds is 2. The van der Waals surface area contributed by atoms with Gasteiger partial charge in [0.2, 0.25) is 0 Å². The first kappa shape index (κ1) is 10.6. The SMILES string of the molecule is OCc1cc(O)cc(OC(F)(F)F)c1. The van der Waals surface area contributed by atoms with Crippen LogP contribution in [-0.4, -0.2) is 16.6 Å². The predicted octanol–water partition coefficient (Wildman–Crippen LogP) is 1.78. The van der Waals surface area contributed by atoms with E-state index >= 15 is 0 Å². The number of ether oxygens (including phenoxy) is 1. The second kappa shape index (κ2) is 3.75.